The third-order valence-electron chi connectivity index (χ3n) is 3.23. The molecular formula is C18H12F2. The lowest BCUT2D eigenvalue weighted by Gasteiger charge is -2.11. The van der Waals surface area contributed by atoms with Crippen LogP contribution in [0.1, 0.15) is 0 Å². The molecule has 0 N–H and O–H groups in total. The van der Waals surface area contributed by atoms with E-state index >= 15 is 0 Å². The fourth-order valence-electron chi connectivity index (χ4n) is 2.30. The topological polar surface area (TPSA) is 0 Å². The van der Waals surface area contributed by atoms with Gasteiger partial charge in [0.15, 0.2) is 0 Å². The number of hydrogen-bond acceptors (Lipinski definition) is 0. The Labute approximate surface area is 116 Å². The second-order valence-electron chi connectivity index (χ2n) is 4.54. The van der Waals surface area contributed by atoms with Crippen molar-refractivity contribution in [2.24, 2.45) is 0 Å². The van der Waals surface area contributed by atoms with E-state index in [1.807, 2.05) is 54.6 Å². The molecule has 0 bridgehead atoms. The molecule has 0 aliphatic heterocycles. The average molecular weight is 266 g/mol. The Hall–Kier alpha value is -2.48. The van der Waals surface area contributed by atoms with Crippen LogP contribution in [0.5, 0.6) is 0 Å². The van der Waals surface area contributed by atoms with E-state index in [1.165, 1.54) is 12.1 Å². The molecule has 0 saturated carbocycles. The molecule has 20 heavy (non-hydrogen) atoms. The third kappa shape index (κ3) is 2.32. The zero-order valence-corrected chi connectivity index (χ0v) is 10.7. The minimum atomic E-state index is -0.566. The lowest BCUT2D eigenvalue weighted by molar-refractivity contribution is 0.585. The summed E-state index contributed by atoms with van der Waals surface area (Å²) in [5, 5.41) is 0. The molecule has 3 rings (SSSR count). The zero-order valence-electron chi connectivity index (χ0n) is 10.7. The third-order valence-corrected chi connectivity index (χ3v) is 3.23. The SMILES string of the molecule is Fc1ccc(-c2ccccc2-c2ccccc2)c(F)c1. The molecule has 0 aromatic heterocycles. The van der Waals surface area contributed by atoms with E-state index in [9.17, 15) is 8.78 Å². The summed E-state index contributed by atoms with van der Waals surface area (Å²) in [6.45, 7) is 0. The molecule has 98 valence electrons. The first-order valence-electron chi connectivity index (χ1n) is 6.35. The van der Waals surface area contributed by atoms with Gasteiger partial charge in [-0.1, -0.05) is 54.6 Å². The van der Waals surface area contributed by atoms with Gasteiger partial charge >= 0.3 is 0 Å². The van der Waals surface area contributed by atoms with Crippen LogP contribution in [0.3, 0.4) is 0 Å². The van der Waals surface area contributed by atoms with E-state index in [1.54, 1.807) is 0 Å². The van der Waals surface area contributed by atoms with Crippen molar-refractivity contribution in [2.45, 2.75) is 0 Å². The van der Waals surface area contributed by atoms with E-state index in [0.29, 0.717) is 5.56 Å². The van der Waals surface area contributed by atoms with Crippen molar-refractivity contribution < 1.29 is 8.78 Å². The van der Waals surface area contributed by atoms with E-state index in [4.69, 9.17) is 0 Å². The van der Waals surface area contributed by atoms with Crippen LogP contribution in [0.2, 0.25) is 0 Å². The van der Waals surface area contributed by atoms with Crippen LogP contribution in [0.4, 0.5) is 8.78 Å². The van der Waals surface area contributed by atoms with Crippen LogP contribution in [-0.2, 0) is 0 Å². The van der Waals surface area contributed by atoms with Crippen molar-refractivity contribution in [3.05, 3.63) is 84.4 Å². The first-order valence-corrected chi connectivity index (χ1v) is 6.35. The van der Waals surface area contributed by atoms with Gasteiger partial charge in [-0.25, -0.2) is 8.78 Å². The molecule has 0 atom stereocenters. The standard InChI is InChI=1S/C18H12F2/c19-14-10-11-17(18(20)12-14)16-9-5-4-8-15(16)13-6-2-1-3-7-13/h1-12H. The minimum absolute atomic E-state index is 0.408. The van der Waals surface area contributed by atoms with Gasteiger partial charge in [-0.05, 0) is 28.8 Å². The molecule has 0 aliphatic carbocycles. The smallest absolute Gasteiger partial charge is 0.133 e. The Kier molecular flexibility index (Phi) is 3.30. The number of benzene rings is 3. The van der Waals surface area contributed by atoms with Crippen molar-refractivity contribution in [3.63, 3.8) is 0 Å². The molecule has 3 aromatic carbocycles. The second kappa shape index (κ2) is 5.25. The normalized spacial score (nSPS) is 10.5. The van der Waals surface area contributed by atoms with Crippen molar-refractivity contribution in [1.82, 2.24) is 0 Å². The summed E-state index contributed by atoms with van der Waals surface area (Å²) in [4.78, 5) is 0. The fourth-order valence-corrected chi connectivity index (χ4v) is 2.30. The van der Waals surface area contributed by atoms with Crippen LogP contribution in [0, 0.1) is 11.6 Å². The highest BCUT2D eigenvalue weighted by atomic mass is 19.1. The summed E-state index contributed by atoms with van der Waals surface area (Å²) >= 11 is 0. The van der Waals surface area contributed by atoms with Crippen LogP contribution >= 0.6 is 0 Å². The van der Waals surface area contributed by atoms with E-state index in [-0.39, 0.29) is 0 Å². The average Bonchev–Trinajstić information content (AvgIpc) is 2.48. The summed E-state index contributed by atoms with van der Waals surface area (Å²) in [7, 11) is 0. The maximum absolute atomic E-state index is 14.0. The van der Waals surface area contributed by atoms with Gasteiger partial charge in [-0.3, -0.25) is 0 Å². The largest absolute Gasteiger partial charge is 0.207 e. The Morgan fingerprint density at radius 3 is 1.90 bits per heavy atom. The molecule has 0 heterocycles. The van der Waals surface area contributed by atoms with Gasteiger partial charge in [-0.15, -0.1) is 0 Å². The van der Waals surface area contributed by atoms with Crippen LogP contribution in [-0.4, -0.2) is 0 Å². The van der Waals surface area contributed by atoms with Crippen LogP contribution in [0.15, 0.2) is 72.8 Å². The zero-order chi connectivity index (χ0) is 13.9. The predicted molar refractivity (Wildman–Crippen MR) is 77.2 cm³/mol. The molecule has 0 saturated heterocycles. The van der Waals surface area contributed by atoms with Gasteiger partial charge < -0.3 is 0 Å². The highest BCUT2D eigenvalue weighted by molar-refractivity contribution is 5.83. The molecule has 0 aliphatic rings. The lowest BCUT2D eigenvalue weighted by atomic mass is 9.94. The van der Waals surface area contributed by atoms with Gasteiger partial charge in [0.2, 0.25) is 0 Å². The van der Waals surface area contributed by atoms with Crippen molar-refractivity contribution in [1.29, 1.82) is 0 Å². The van der Waals surface area contributed by atoms with Gasteiger partial charge in [0.05, 0.1) is 0 Å². The second-order valence-corrected chi connectivity index (χ2v) is 4.54. The minimum Gasteiger partial charge on any atom is -0.207 e. The molecule has 0 nitrogen and oxygen atoms in total. The molecule has 3 aromatic rings. The quantitative estimate of drug-likeness (QED) is 0.590. The van der Waals surface area contributed by atoms with Gasteiger partial charge in [-0.2, -0.15) is 0 Å². The lowest BCUT2D eigenvalue weighted by Crippen LogP contribution is -1.89. The Bertz CT molecular complexity index is 733. The highest BCUT2D eigenvalue weighted by Gasteiger charge is 2.11. The monoisotopic (exact) mass is 266 g/mol. The number of hydrogen-bond donors (Lipinski definition) is 0. The molecular weight excluding hydrogens is 254 g/mol. The van der Waals surface area contributed by atoms with E-state index in [0.717, 1.165) is 22.8 Å². The Balaban J connectivity index is 2.20. The van der Waals surface area contributed by atoms with Gasteiger partial charge in [0.25, 0.3) is 0 Å². The summed E-state index contributed by atoms with van der Waals surface area (Å²) in [6.07, 6.45) is 0. The van der Waals surface area contributed by atoms with Gasteiger partial charge in [0, 0.05) is 11.6 Å². The first kappa shape index (κ1) is 12.5. The molecule has 0 radical (unpaired) electrons. The first-order chi connectivity index (χ1) is 9.75. The van der Waals surface area contributed by atoms with Gasteiger partial charge in [0.1, 0.15) is 11.6 Å². The predicted octanol–water partition coefficient (Wildman–Crippen LogP) is 5.30. The molecule has 0 unspecified atom stereocenters. The Morgan fingerprint density at radius 2 is 1.20 bits per heavy atom. The molecule has 0 spiro atoms. The maximum Gasteiger partial charge on any atom is 0.133 e. The highest BCUT2D eigenvalue weighted by Crippen LogP contribution is 2.33. The maximum atomic E-state index is 14.0. The van der Waals surface area contributed by atoms with Crippen molar-refractivity contribution in [2.75, 3.05) is 0 Å². The van der Waals surface area contributed by atoms with E-state index in [2.05, 4.69) is 0 Å². The van der Waals surface area contributed by atoms with Crippen molar-refractivity contribution >= 4 is 0 Å². The summed E-state index contributed by atoms with van der Waals surface area (Å²) < 4.78 is 27.0. The Morgan fingerprint density at radius 1 is 0.550 bits per heavy atom. The fraction of sp³-hybridized carbons (Fsp3) is 0. The van der Waals surface area contributed by atoms with E-state index < -0.39 is 11.6 Å². The summed E-state index contributed by atoms with van der Waals surface area (Å²) in [5.74, 6) is -1.11. The molecule has 2 heteroatoms. The summed E-state index contributed by atoms with van der Waals surface area (Å²) in [5.41, 5.74) is 3.10. The number of rotatable bonds is 2. The van der Waals surface area contributed by atoms with Crippen LogP contribution < -0.4 is 0 Å². The van der Waals surface area contributed by atoms with Crippen LogP contribution in [0.25, 0.3) is 22.3 Å². The molecule has 0 fully saturated rings. The molecule has 0 amide bonds. The van der Waals surface area contributed by atoms with Crippen molar-refractivity contribution in [3.8, 4) is 22.3 Å². The summed E-state index contributed by atoms with van der Waals surface area (Å²) in [6, 6.07) is 21.0. The number of halogens is 2.